The Labute approximate surface area is 458 Å². The maximum atomic E-state index is 2.60. The zero-order chi connectivity index (χ0) is 54.8. The second-order valence-corrected chi connectivity index (χ2v) is 28.4. The van der Waals surface area contributed by atoms with E-state index in [2.05, 4.69) is 316 Å². The fourth-order valence-corrected chi connectivity index (χ4v) is 13.7. The van der Waals surface area contributed by atoms with E-state index in [9.17, 15) is 0 Å². The lowest BCUT2D eigenvalue weighted by atomic mass is 9.39. The molecule has 0 aliphatic heterocycles. The first-order valence-corrected chi connectivity index (χ1v) is 28.0. The van der Waals surface area contributed by atoms with Crippen LogP contribution in [0.15, 0.2) is 182 Å². The normalized spacial score (nSPS) is 17.4. The molecule has 2 heteroatoms. The van der Waals surface area contributed by atoms with E-state index in [1.807, 2.05) is 0 Å². The molecule has 2 aliphatic rings. The quantitative estimate of drug-likeness (QED) is 0.157. The number of fused-ring (bicyclic) bond motifs is 6. The van der Waals surface area contributed by atoms with Gasteiger partial charge in [0, 0.05) is 45.0 Å². The van der Waals surface area contributed by atoms with Crippen molar-refractivity contribution in [2.75, 3.05) is 9.80 Å². The predicted molar refractivity (Wildman–Crippen MR) is 328 cm³/mol. The number of nitrogens with zero attached hydrogens (tertiary/aromatic N) is 2. The Hall–Kier alpha value is -6.64. The minimum atomic E-state index is -0.592. The molecule has 390 valence electrons. The molecule has 2 unspecified atom stereocenters. The van der Waals surface area contributed by atoms with Crippen LogP contribution < -0.4 is 9.80 Å². The van der Waals surface area contributed by atoms with Gasteiger partial charge in [0.05, 0.1) is 0 Å². The van der Waals surface area contributed by atoms with Gasteiger partial charge in [0.2, 0.25) is 0 Å². The second kappa shape index (κ2) is 18.0. The third kappa shape index (κ3) is 8.36. The van der Waals surface area contributed by atoms with Crippen molar-refractivity contribution in [1.82, 2.24) is 0 Å². The Morgan fingerprint density at radius 2 is 0.461 bits per heavy atom. The average Bonchev–Trinajstić information content (AvgIpc) is 4.04. The number of benzene rings is 8. The summed E-state index contributed by atoms with van der Waals surface area (Å²) in [5, 5.41) is 0. The molecule has 2 aliphatic carbocycles. The lowest BCUT2D eigenvalue weighted by molar-refractivity contribution is 0.0594. The van der Waals surface area contributed by atoms with E-state index < -0.39 is 10.8 Å². The van der Waals surface area contributed by atoms with Crippen LogP contribution in [0.25, 0.3) is 22.3 Å². The van der Waals surface area contributed by atoms with Gasteiger partial charge in [0.15, 0.2) is 0 Å². The van der Waals surface area contributed by atoms with Crippen molar-refractivity contribution in [2.24, 2.45) is 10.8 Å². The van der Waals surface area contributed by atoms with E-state index in [0.29, 0.717) is 0 Å². The zero-order valence-electron chi connectivity index (χ0n) is 49.2. The molecule has 0 saturated carbocycles. The van der Waals surface area contributed by atoms with Crippen LogP contribution in [0.4, 0.5) is 34.1 Å². The van der Waals surface area contributed by atoms with Crippen LogP contribution in [0.5, 0.6) is 0 Å². The molecule has 0 heterocycles. The molecule has 0 saturated heterocycles. The number of hydrogen-bond acceptors (Lipinski definition) is 2. The number of rotatable bonds is 7. The summed E-state index contributed by atoms with van der Waals surface area (Å²) >= 11 is 0. The first-order valence-electron chi connectivity index (χ1n) is 28.0. The molecule has 0 spiro atoms. The number of anilines is 6. The Balaban J connectivity index is 1.29. The molecule has 0 fully saturated rings. The van der Waals surface area contributed by atoms with Crippen LogP contribution in [0.1, 0.15) is 169 Å². The van der Waals surface area contributed by atoms with Gasteiger partial charge in [-0.1, -0.05) is 234 Å². The third-order valence-corrected chi connectivity index (χ3v) is 17.4. The van der Waals surface area contributed by atoms with Crippen molar-refractivity contribution in [2.45, 2.75) is 157 Å². The van der Waals surface area contributed by atoms with Crippen LogP contribution in [0.2, 0.25) is 0 Å². The van der Waals surface area contributed by atoms with Crippen molar-refractivity contribution in [3.63, 3.8) is 0 Å². The van der Waals surface area contributed by atoms with E-state index in [4.69, 9.17) is 0 Å². The van der Waals surface area contributed by atoms with Crippen LogP contribution in [0, 0.1) is 10.8 Å². The Morgan fingerprint density at radius 1 is 0.237 bits per heavy atom. The summed E-state index contributed by atoms with van der Waals surface area (Å²) < 4.78 is 0. The molecule has 8 aromatic rings. The Bertz CT molecular complexity index is 3090. The molecule has 10 rings (SSSR count). The van der Waals surface area contributed by atoms with Crippen molar-refractivity contribution < 1.29 is 0 Å². The lowest BCUT2D eigenvalue weighted by Gasteiger charge is -2.62. The van der Waals surface area contributed by atoms with Gasteiger partial charge in [-0.25, -0.2) is 0 Å². The summed E-state index contributed by atoms with van der Waals surface area (Å²) in [7, 11) is 0. The number of hydrogen-bond donors (Lipinski definition) is 0. The monoisotopic (exact) mass is 1000 g/mol. The van der Waals surface area contributed by atoms with Gasteiger partial charge < -0.3 is 9.80 Å². The SMILES string of the molecule is CC(C)(C)c1ccc(N(c2ccc(C(C)(C)C)cc2)c2ccc3c(c2)C(C(C)(C)C)(C2(C(C)(C)C)c4ccccc4-c4ccc(N(c5ccc(C(C)(C)C)cc5)c5ccc(C(C)(C)C)cc5)cc42)c2ccccc2-3)cc1. The molecule has 0 aromatic heterocycles. The van der Waals surface area contributed by atoms with Crippen molar-refractivity contribution in [3.05, 3.63) is 226 Å². The van der Waals surface area contributed by atoms with Gasteiger partial charge in [-0.3, -0.25) is 0 Å². The highest BCUT2D eigenvalue weighted by Gasteiger charge is 2.70. The fraction of sp³-hybridized carbons (Fsp3) is 0.351. The summed E-state index contributed by atoms with van der Waals surface area (Å²) in [5.74, 6) is 0. The van der Waals surface area contributed by atoms with E-state index in [-0.39, 0.29) is 32.5 Å². The largest absolute Gasteiger partial charge is 0.310 e. The molecule has 8 aromatic carbocycles. The summed E-state index contributed by atoms with van der Waals surface area (Å²) in [6, 6.07) is 71.0. The first kappa shape index (κ1) is 52.8. The predicted octanol–water partition coefficient (Wildman–Crippen LogP) is 21.1. The van der Waals surface area contributed by atoms with Gasteiger partial charge in [0.25, 0.3) is 0 Å². The van der Waals surface area contributed by atoms with Crippen molar-refractivity contribution in [1.29, 1.82) is 0 Å². The van der Waals surface area contributed by atoms with E-state index in [1.165, 1.54) is 66.8 Å². The van der Waals surface area contributed by atoms with Crippen LogP contribution in [-0.2, 0) is 32.5 Å². The molecule has 2 nitrogen and oxygen atoms in total. The molecule has 0 N–H and O–H groups in total. The van der Waals surface area contributed by atoms with Gasteiger partial charge in [0.1, 0.15) is 0 Å². The molecule has 2 atom stereocenters. The molecule has 0 bridgehead atoms. The minimum absolute atomic E-state index is 0.0309. The van der Waals surface area contributed by atoms with Crippen LogP contribution in [-0.4, -0.2) is 0 Å². The van der Waals surface area contributed by atoms with Gasteiger partial charge in [-0.2, -0.15) is 0 Å². The van der Waals surface area contributed by atoms with Crippen LogP contribution >= 0.6 is 0 Å². The molecular weight excluding hydrogens is 917 g/mol. The maximum absolute atomic E-state index is 2.60. The Morgan fingerprint density at radius 3 is 0.697 bits per heavy atom. The Kier molecular flexibility index (Phi) is 12.5. The molecular formula is C74H84N2. The van der Waals surface area contributed by atoms with Crippen LogP contribution in [0.3, 0.4) is 0 Å². The maximum Gasteiger partial charge on any atom is 0.0465 e. The smallest absolute Gasteiger partial charge is 0.0465 e. The highest BCUT2D eigenvalue weighted by molar-refractivity contribution is 5.93. The fourth-order valence-electron chi connectivity index (χ4n) is 13.7. The molecule has 0 amide bonds. The van der Waals surface area contributed by atoms with Gasteiger partial charge >= 0.3 is 0 Å². The summed E-state index contributed by atoms with van der Waals surface area (Å²) in [5.41, 5.74) is 21.2. The van der Waals surface area contributed by atoms with Gasteiger partial charge in [-0.15, -0.1) is 0 Å². The highest BCUT2D eigenvalue weighted by Crippen LogP contribution is 2.75. The van der Waals surface area contributed by atoms with E-state index >= 15 is 0 Å². The molecule has 76 heavy (non-hydrogen) atoms. The van der Waals surface area contributed by atoms with Crippen molar-refractivity contribution in [3.8, 4) is 22.3 Å². The standard InChI is InChI=1S/C74H84N2/c1-67(2,3)49-27-35-53(36-28-49)75(54-37-29-50(30-38-54)68(4,5)6)57-43-45-61-59-23-19-21-25-63(59)73(65(61)47-57,71(13,14)15)74(72(16,17)18)64-26-22-20-24-60(64)62-46-44-58(48-66(62)74)76(55-39-31-51(32-40-55)69(7,8)9)56-41-33-52(34-42-56)70(10,11)12/h19-48H,1-18H3. The minimum Gasteiger partial charge on any atom is -0.310 e. The lowest BCUT2D eigenvalue weighted by Crippen LogP contribution is -2.62. The first-order chi connectivity index (χ1) is 35.5. The van der Waals surface area contributed by atoms with Gasteiger partial charge in [-0.05, 0) is 172 Å². The highest BCUT2D eigenvalue weighted by atomic mass is 15.1. The summed E-state index contributed by atoms with van der Waals surface area (Å²) in [6.45, 7) is 42.8. The molecule has 0 radical (unpaired) electrons. The summed E-state index contributed by atoms with van der Waals surface area (Å²) in [6.07, 6.45) is 0. The zero-order valence-corrected chi connectivity index (χ0v) is 49.2. The summed E-state index contributed by atoms with van der Waals surface area (Å²) in [4.78, 5) is 5.00. The topological polar surface area (TPSA) is 6.48 Å². The second-order valence-electron chi connectivity index (χ2n) is 28.4. The van der Waals surface area contributed by atoms with E-state index in [0.717, 1.165) is 34.1 Å². The third-order valence-electron chi connectivity index (χ3n) is 17.4. The van der Waals surface area contributed by atoms with E-state index in [1.54, 1.807) is 0 Å². The average molecular weight is 1000 g/mol. The van der Waals surface area contributed by atoms with Crippen molar-refractivity contribution >= 4 is 34.1 Å².